The van der Waals surface area contributed by atoms with Gasteiger partial charge in [-0.05, 0) is 41.2 Å². The highest BCUT2D eigenvalue weighted by Gasteiger charge is 2.07. The summed E-state index contributed by atoms with van der Waals surface area (Å²) in [6.45, 7) is 4.49. The Balaban J connectivity index is 0.00000162. The fourth-order valence-electron chi connectivity index (χ4n) is 2.12. The summed E-state index contributed by atoms with van der Waals surface area (Å²) < 4.78 is 0. The van der Waals surface area contributed by atoms with E-state index >= 15 is 0 Å². The summed E-state index contributed by atoms with van der Waals surface area (Å²) in [4.78, 5) is 0. The van der Waals surface area contributed by atoms with Crippen molar-refractivity contribution in [2.24, 2.45) is 11.7 Å². The van der Waals surface area contributed by atoms with Crippen LogP contribution in [0.5, 0.6) is 0 Å². The highest BCUT2D eigenvalue weighted by molar-refractivity contribution is 5.85. The molecule has 2 heteroatoms. The van der Waals surface area contributed by atoms with Crippen LogP contribution in [0.2, 0.25) is 0 Å². The Kier molecular flexibility index (Phi) is 5.64. The fraction of sp³-hybridized carbons (Fsp3) is 0.375. The molecule has 2 rings (SSSR count). The van der Waals surface area contributed by atoms with Crippen LogP contribution in [0.3, 0.4) is 0 Å². The Labute approximate surface area is 116 Å². The summed E-state index contributed by atoms with van der Waals surface area (Å²) in [6, 6.07) is 15.1. The molecule has 0 saturated carbocycles. The first-order chi connectivity index (χ1) is 8.16. The minimum atomic E-state index is 0. The topological polar surface area (TPSA) is 26.0 Å². The molecule has 0 fully saturated rings. The molecule has 0 spiro atoms. The SMILES string of the molecule is CC(C)CC[C@@H](N)c1ccc2ccccc2c1.Cl. The number of rotatable bonds is 4. The third kappa shape index (κ3) is 3.72. The van der Waals surface area contributed by atoms with E-state index in [4.69, 9.17) is 5.73 Å². The van der Waals surface area contributed by atoms with E-state index in [-0.39, 0.29) is 18.4 Å². The van der Waals surface area contributed by atoms with E-state index in [2.05, 4.69) is 56.3 Å². The van der Waals surface area contributed by atoms with E-state index in [9.17, 15) is 0 Å². The van der Waals surface area contributed by atoms with Crippen molar-refractivity contribution < 1.29 is 0 Å². The molecule has 0 aliphatic heterocycles. The molecule has 18 heavy (non-hydrogen) atoms. The molecule has 1 atom stereocenters. The molecule has 0 radical (unpaired) electrons. The van der Waals surface area contributed by atoms with Gasteiger partial charge in [-0.2, -0.15) is 0 Å². The van der Waals surface area contributed by atoms with Crippen LogP contribution in [-0.4, -0.2) is 0 Å². The monoisotopic (exact) mass is 263 g/mol. The minimum Gasteiger partial charge on any atom is -0.324 e. The van der Waals surface area contributed by atoms with Crippen molar-refractivity contribution in [2.45, 2.75) is 32.7 Å². The Morgan fingerprint density at radius 3 is 2.28 bits per heavy atom. The van der Waals surface area contributed by atoms with Gasteiger partial charge in [0.05, 0.1) is 0 Å². The molecule has 0 bridgehead atoms. The molecule has 2 aromatic carbocycles. The average Bonchev–Trinajstić information content (AvgIpc) is 2.35. The summed E-state index contributed by atoms with van der Waals surface area (Å²) in [7, 11) is 0. The molecular formula is C16H22ClN. The Hall–Kier alpha value is -1.05. The lowest BCUT2D eigenvalue weighted by Crippen LogP contribution is -2.11. The Morgan fingerprint density at radius 2 is 1.61 bits per heavy atom. The molecule has 0 aromatic heterocycles. The standard InChI is InChI=1S/C16H21N.ClH/c1-12(2)7-10-16(17)15-9-8-13-5-3-4-6-14(13)11-15;/h3-6,8-9,11-12,16H,7,10,17H2,1-2H3;1H/t16-;/m1./s1. The summed E-state index contributed by atoms with van der Waals surface area (Å²) in [5.41, 5.74) is 7.49. The van der Waals surface area contributed by atoms with Crippen LogP contribution in [0.15, 0.2) is 42.5 Å². The molecule has 98 valence electrons. The number of fused-ring (bicyclic) bond motifs is 1. The van der Waals surface area contributed by atoms with Crippen LogP contribution in [0.25, 0.3) is 10.8 Å². The molecule has 0 aliphatic carbocycles. The third-order valence-electron chi connectivity index (χ3n) is 3.26. The van der Waals surface area contributed by atoms with Gasteiger partial charge in [0.15, 0.2) is 0 Å². The van der Waals surface area contributed by atoms with Gasteiger partial charge in [0, 0.05) is 6.04 Å². The molecule has 2 N–H and O–H groups in total. The van der Waals surface area contributed by atoms with Crippen molar-refractivity contribution in [1.29, 1.82) is 0 Å². The van der Waals surface area contributed by atoms with Gasteiger partial charge in [0.2, 0.25) is 0 Å². The zero-order valence-corrected chi connectivity index (χ0v) is 11.9. The van der Waals surface area contributed by atoms with E-state index in [1.54, 1.807) is 0 Å². The van der Waals surface area contributed by atoms with Crippen molar-refractivity contribution in [3.63, 3.8) is 0 Å². The lowest BCUT2D eigenvalue weighted by Gasteiger charge is -2.14. The van der Waals surface area contributed by atoms with Crippen molar-refractivity contribution >= 4 is 23.2 Å². The fourth-order valence-corrected chi connectivity index (χ4v) is 2.12. The van der Waals surface area contributed by atoms with E-state index in [0.717, 1.165) is 12.3 Å². The van der Waals surface area contributed by atoms with Crippen molar-refractivity contribution in [3.05, 3.63) is 48.0 Å². The first-order valence-corrected chi connectivity index (χ1v) is 6.41. The van der Waals surface area contributed by atoms with Crippen molar-refractivity contribution in [3.8, 4) is 0 Å². The predicted molar refractivity (Wildman–Crippen MR) is 82.2 cm³/mol. The maximum absolute atomic E-state index is 6.23. The van der Waals surface area contributed by atoms with Crippen LogP contribution in [0.1, 0.15) is 38.3 Å². The molecule has 0 saturated heterocycles. The van der Waals surface area contributed by atoms with Crippen LogP contribution < -0.4 is 5.73 Å². The Morgan fingerprint density at radius 1 is 0.944 bits per heavy atom. The summed E-state index contributed by atoms with van der Waals surface area (Å²) in [5.74, 6) is 0.724. The largest absolute Gasteiger partial charge is 0.324 e. The highest BCUT2D eigenvalue weighted by Crippen LogP contribution is 2.22. The van der Waals surface area contributed by atoms with Crippen LogP contribution in [-0.2, 0) is 0 Å². The van der Waals surface area contributed by atoms with Gasteiger partial charge in [-0.1, -0.05) is 50.2 Å². The maximum Gasteiger partial charge on any atom is 0.0295 e. The van der Waals surface area contributed by atoms with Crippen LogP contribution in [0, 0.1) is 5.92 Å². The number of benzene rings is 2. The van der Waals surface area contributed by atoms with E-state index < -0.39 is 0 Å². The molecule has 0 unspecified atom stereocenters. The van der Waals surface area contributed by atoms with Crippen LogP contribution >= 0.6 is 12.4 Å². The average molecular weight is 264 g/mol. The molecule has 0 amide bonds. The highest BCUT2D eigenvalue weighted by atomic mass is 35.5. The van der Waals surface area contributed by atoms with Crippen molar-refractivity contribution in [1.82, 2.24) is 0 Å². The molecular weight excluding hydrogens is 242 g/mol. The van der Waals surface area contributed by atoms with Crippen molar-refractivity contribution in [2.75, 3.05) is 0 Å². The number of hydrogen-bond donors (Lipinski definition) is 1. The second kappa shape index (κ2) is 6.77. The summed E-state index contributed by atoms with van der Waals surface area (Å²) >= 11 is 0. The lowest BCUT2D eigenvalue weighted by molar-refractivity contribution is 0.507. The van der Waals surface area contributed by atoms with Gasteiger partial charge >= 0.3 is 0 Å². The smallest absolute Gasteiger partial charge is 0.0295 e. The first-order valence-electron chi connectivity index (χ1n) is 6.41. The van der Waals surface area contributed by atoms with E-state index in [0.29, 0.717) is 0 Å². The van der Waals surface area contributed by atoms with Gasteiger partial charge in [0.25, 0.3) is 0 Å². The van der Waals surface area contributed by atoms with E-state index in [1.165, 1.54) is 22.8 Å². The number of nitrogens with two attached hydrogens (primary N) is 1. The van der Waals surface area contributed by atoms with Crippen LogP contribution in [0.4, 0.5) is 0 Å². The first kappa shape index (κ1) is 15.0. The zero-order valence-electron chi connectivity index (χ0n) is 11.1. The minimum absolute atomic E-state index is 0. The van der Waals surface area contributed by atoms with Gasteiger partial charge < -0.3 is 5.73 Å². The van der Waals surface area contributed by atoms with Gasteiger partial charge in [-0.3, -0.25) is 0 Å². The second-order valence-electron chi connectivity index (χ2n) is 5.18. The maximum atomic E-state index is 6.23. The summed E-state index contributed by atoms with van der Waals surface area (Å²) in [6.07, 6.45) is 2.25. The number of hydrogen-bond acceptors (Lipinski definition) is 1. The predicted octanol–water partition coefficient (Wildman–Crippen LogP) is 4.70. The molecule has 0 aliphatic rings. The van der Waals surface area contributed by atoms with Gasteiger partial charge in [-0.25, -0.2) is 0 Å². The van der Waals surface area contributed by atoms with Gasteiger partial charge in [0.1, 0.15) is 0 Å². The third-order valence-corrected chi connectivity index (χ3v) is 3.26. The summed E-state index contributed by atoms with van der Waals surface area (Å²) in [5, 5.41) is 2.57. The van der Waals surface area contributed by atoms with E-state index in [1.807, 2.05) is 0 Å². The molecule has 0 heterocycles. The number of halogens is 1. The second-order valence-corrected chi connectivity index (χ2v) is 5.18. The molecule has 1 nitrogen and oxygen atoms in total. The quantitative estimate of drug-likeness (QED) is 0.850. The normalized spacial score (nSPS) is 12.4. The lowest BCUT2D eigenvalue weighted by atomic mass is 9.96. The Bertz CT molecular complexity index is 493. The molecule has 2 aromatic rings. The zero-order chi connectivity index (χ0) is 12.3. The van der Waals surface area contributed by atoms with Gasteiger partial charge in [-0.15, -0.1) is 12.4 Å².